The Morgan fingerprint density at radius 1 is 1.17 bits per heavy atom. The first-order chi connectivity index (χ1) is 8.72. The van der Waals surface area contributed by atoms with Gasteiger partial charge in [-0.05, 0) is 39.7 Å². The number of hydrogen-bond donors (Lipinski definition) is 0. The van der Waals surface area contributed by atoms with Gasteiger partial charge in [-0.25, -0.2) is 9.67 Å². The van der Waals surface area contributed by atoms with E-state index in [1.807, 2.05) is 41.2 Å². The lowest BCUT2D eigenvalue weighted by Gasteiger charge is -2.03. The van der Waals surface area contributed by atoms with Crippen molar-refractivity contribution >= 4 is 38.6 Å². The van der Waals surface area contributed by atoms with E-state index in [0.717, 1.165) is 26.1 Å². The topological polar surface area (TPSA) is 30.7 Å². The van der Waals surface area contributed by atoms with E-state index in [9.17, 15) is 0 Å². The molecule has 3 rings (SSSR count). The first-order valence-electron chi connectivity index (χ1n) is 5.44. The van der Waals surface area contributed by atoms with Crippen LogP contribution in [0.2, 0.25) is 5.02 Å². The normalized spacial score (nSPS) is 11.0. The number of fused-ring (bicyclic) bond motifs is 1. The number of halogens is 2. The third-order valence-corrected chi connectivity index (χ3v) is 3.37. The standard InChI is InChI=1S/C13H9BrClN3/c14-11-5-10-6-17-18(13(10)16-7-11)8-9-1-3-12(15)4-2-9/h1-7H,8H2. The summed E-state index contributed by atoms with van der Waals surface area (Å²) >= 11 is 9.27. The maximum absolute atomic E-state index is 5.87. The van der Waals surface area contributed by atoms with Gasteiger partial charge in [-0.1, -0.05) is 23.7 Å². The van der Waals surface area contributed by atoms with E-state index in [4.69, 9.17) is 11.6 Å². The van der Waals surface area contributed by atoms with Gasteiger partial charge in [0.05, 0.1) is 12.7 Å². The molecule has 0 spiro atoms. The summed E-state index contributed by atoms with van der Waals surface area (Å²) in [5, 5.41) is 6.12. The molecule has 18 heavy (non-hydrogen) atoms. The van der Waals surface area contributed by atoms with Crippen molar-refractivity contribution < 1.29 is 0 Å². The molecule has 2 heterocycles. The number of rotatable bonds is 2. The molecule has 0 aliphatic rings. The Bertz CT molecular complexity index is 691. The lowest BCUT2D eigenvalue weighted by molar-refractivity contribution is 0.704. The predicted molar refractivity (Wildman–Crippen MR) is 75.8 cm³/mol. The monoisotopic (exact) mass is 321 g/mol. The summed E-state index contributed by atoms with van der Waals surface area (Å²) in [5.74, 6) is 0. The van der Waals surface area contributed by atoms with Gasteiger partial charge in [0.15, 0.2) is 5.65 Å². The van der Waals surface area contributed by atoms with Gasteiger partial charge in [-0.3, -0.25) is 0 Å². The average molecular weight is 323 g/mol. The Hall–Kier alpha value is -1.39. The molecule has 0 atom stereocenters. The summed E-state index contributed by atoms with van der Waals surface area (Å²) in [6.07, 6.45) is 3.60. The van der Waals surface area contributed by atoms with Gasteiger partial charge in [-0.2, -0.15) is 5.10 Å². The molecule has 5 heteroatoms. The van der Waals surface area contributed by atoms with Gasteiger partial charge in [0.2, 0.25) is 0 Å². The number of hydrogen-bond acceptors (Lipinski definition) is 2. The maximum Gasteiger partial charge on any atom is 0.158 e. The van der Waals surface area contributed by atoms with Crippen LogP contribution < -0.4 is 0 Å². The molecule has 0 saturated heterocycles. The van der Waals surface area contributed by atoms with E-state index >= 15 is 0 Å². The van der Waals surface area contributed by atoms with Gasteiger partial charge in [0, 0.05) is 21.1 Å². The predicted octanol–water partition coefficient (Wildman–Crippen LogP) is 3.90. The molecule has 3 nitrogen and oxygen atoms in total. The fourth-order valence-corrected chi connectivity index (χ4v) is 2.30. The minimum atomic E-state index is 0.690. The molecule has 0 amide bonds. The highest BCUT2D eigenvalue weighted by Crippen LogP contribution is 2.18. The summed E-state index contributed by atoms with van der Waals surface area (Å²) in [6, 6.07) is 9.76. The van der Waals surface area contributed by atoms with Crippen LogP contribution in [0.3, 0.4) is 0 Å². The van der Waals surface area contributed by atoms with E-state index < -0.39 is 0 Å². The van der Waals surface area contributed by atoms with Gasteiger partial charge in [-0.15, -0.1) is 0 Å². The van der Waals surface area contributed by atoms with E-state index in [1.165, 1.54) is 0 Å². The summed E-state index contributed by atoms with van der Waals surface area (Å²) in [7, 11) is 0. The van der Waals surface area contributed by atoms with Crippen molar-refractivity contribution in [3.05, 3.63) is 57.8 Å². The minimum absolute atomic E-state index is 0.690. The Kier molecular flexibility index (Phi) is 3.06. The highest BCUT2D eigenvalue weighted by molar-refractivity contribution is 9.10. The van der Waals surface area contributed by atoms with Crippen LogP contribution in [0.1, 0.15) is 5.56 Å². The first-order valence-corrected chi connectivity index (χ1v) is 6.61. The highest BCUT2D eigenvalue weighted by Gasteiger charge is 2.05. The van der Waals surface area contributed by atoms with Crippen molar-refractivity contribution in [1.29, 1.82) is 0 Å². The quantitative estimate of drug-likeness (QED) is 0.716. The summed E-state index contributed by atoms with van der Waals surface area (Å²) < 4.78 is 2.84. The average Bonchev–Trinajstić information content (AvgIpc) is 2.74. The van der Waals surface area contributed by atoms with Crippen LogP contribution in [-0.2, 0) is 6.54 Å². The molecule has 0 fully saturated rings. The van der Waals surface area contributed by atoms with Crippen LogP contribution in [-0.4, -0.2) is 14.8 Å². The lowest BCUT2D eigenvalue weighted by atomic mass is 10.2. The molecule has 1 aromatic carbocycles. The number of benzene rings is 1. The van der Waals surface area contributed by atoms with Crippen LogP contribution in [0.15, 0.2) is 47.2 Å². The minimum Gasteiger partial charge on any atom is -0.243 e. The second-order valence-electron chi connectivity index (χ2n) is 4.00. The molecule has 90 valence electrons. The largest absolute Gasteiger partial charge is 0.243 e. The Labute approximate surface area is 118 Å². The van der Waals surface area contributed by atoms with E-state index in [2.05, 4.69) is 26.0 Å². The zero-order valence-corrected chi connectivity index (χ0v) is 11.7. The summed E-state index contributed by atoms with van der Waals surface area (Å²) in [4.78, 5) is 4.38. The van der Waals surface area contributed by atoms with Crippen LogP contribution in [0.4, 0.5) is 0 Å². The van der Waals surface area contributed by atoms with Gasteiger partial charge in [0.1, 0.15) is 0 Å². The Morgan fingerprint density at radius 2 is 1.94 bits per heavy atom. The van der Waals surface area contributed by atoms with Crippen LogP contribution >= 0.6 is 27.5 Å². The molecule has 0 aliphatic carbocycles. The molecular formula is C13H9BrClN3. The van der Waals surface area contributed by atoms with Crippen molar-refractivity contribution in [2.45, 2.75) is 6.54 Å². The fourth-order valence-electron chi connectivity index (χ4n) is 1.82. The second-order valence-corrected chi connectivity index (χ2v) is 5.35. The molecule has 0 N–H and O–H groups in total. The first kappa shape index (κ1) is 11.7. The van der Waals surface area contributed by atoms with Crippen molar-refractivity contribution in [1.82, 2.24) is 14.8 Å². The van der Waals surface area contributed by atoms with Crippen LogP contribution in [0.5, 0.6) is 0 Å². The highest BCUT2D eigenvalue weighted by atomic mass is 79.9. The molecule has 0 unspecified atom stereocenters. The lowest BCUT2D eigenvalue weighted by Crippen LogP contribution is -2.02. The van der Waals surface area contributed by atoms with Gasteiger partial charge >= 0.3 is 0 Å². The zero-order chi connectivity index (χ0) is 12.5. The number of nitrogens with zero attached hydrogens (tertiary/aromatic N) is 3. The van der Waals surface area contributed by atoms with E-state index in [-0.39, 0.29) is 0 Å². The van der Waals surface area contributed by atoms with Crippen molar-refractivity contribution in [3.8, 4) is 0 Å². The van der Waals surface area contributed by atoms with Crippen molar-refractivity contribution in [2.75, 3.05) is 0 Å². The molecule has 0 radical (unpaired) electrons. The molecule has 2 aromatic heterocycles. The van der Waals surface area contributed by atoms with Crippen molar-refractivity contribution in [2.24, 2.45) is 0 Å². The molecule has 3 aromatic rings. The fraction of sp³-hybridized carbons (Fsp3) is 0.0769. The SMILES string of the molecule is Clc1ccc(Cn2ncc3cc(Br)cnc32)cc1. The third-order valence-electron chi connectivity index (χ3n) is 2.69. The Morgan fingerprint density at radius 3 is 2.72 bits per heavy atom. The Balaban J connectivity index is 1.97. The molecule has 0 bridgehead atoms. The molecule has 0 saturated carbocycles. The van der Waals surface area contributed by atoms with Crippen LogP contribution in [0, 0.1) is 0 Å². The van der Waals surface area contributed by atoms with Gasteiger partial charge < -0.3 is 0 Å². The smallest absolute Gasteiger partial charge is 0.158 e. The van der Waals surface area contributed by atoms with E-state index in [0.29, 0.717) is 6.54 Å². The zero-order valence-electron chi connectivity index (χ0n) is 9.35. The molecular weight excluding hydrogens is 314 g/mol. The van der Waals surface area contributed by atoms with Crippen molar-refractivity contribution in [3.63, 3.8) is 0 Å². The number of pyridine rings is 1. The van der Waals surface area contributed by atoms with Crippen LogP contribution in [0.25, 0.3) is 11.0 Å². The number of aromatic nitrogens is 3. The second kappa shape index (κ2) is 4.71. The van der Waals surface area contributed by atoms with Gasteiger partial charge in [0.25, 0.3) is 0 Å². The third kappa shape index (κ3) is 2.26. The summed E-state index contributed by atoms with van der Waals surface area (Å²) in [6.45, 7) is 0.690. The maximum atomic E-state index is 5.87. The van der Waals surface area contributed by atoms with E-state index in [1.54, 1.807) is 6.20 Å². The summed E-state index contributed by atoms with van der Waals surface area (Å²) in [5.41, 5.74) is 2.03. The molecule has 0 aliphatic heterocycles.